The van der Waals surface area contributed by atoms with Crippen LogP contribution in [0.4, 0.5) is 0 Å². The molecule has 4 nitrogen and oxygen atoms in total. The lowest BCUT2D eigenvalue weighted by molar-refractivity contribution is -0.116. The molecule has 0 saturated heterocycles. The zero-order valence-corrected chi connectivity index (χ0v) is 15.8. The molecule has 1 heterocycles. The van der Waals surface area contributed by atoms with E-state index in [9.17, 15) is 4.79 Å². The quantitative estimate of drug-likeness (QED) is 0.594. The number of Topliss-reactive ketones (excluding diaryl/α,β-unsaturated/α-hetero) is 1. The lowest BCUT2D eigenvalue weighted by atomic mass is 10.1. The molecule has 128 valence electrons. The van der Waals surface area contributed by atoms with Gasteiger partial charge in [-0.05, 0) is 45.0 Å². The van der Waals surface area contributed by atoms with Crippen LogP contribution in [0.15, 0.2) is 53.7 Å². The van der Waals surface area contributed by atoms with E-state index in [1.807, 2.05) is 66.9 Å². The summed E-state index contributed by atoms with van der Waals surface area (Å²) in [4.78, 5) is 11.7. The molecule has 3 rings (SSSR count). The van der Waals surface area contributed by atoms with Gasteiger partial charge in [-0.3, -0.25) is 9.36 Å². The number of hydrogen-bond acceptors (Lipinski definition) is 4. The smallest absolute Gasteiger partial charge is 0.196 e. The largest absolute Gasteiger partial charge is 0.299 e. The van der Waals surface area contributed by atoms with Gasteiger partial charge in [0, 0.05) is 16.3 Å². The molecule has 1 unspecified atom stereocenters. The monoisotopic (exact) mass is 371 g/mol. The van der Waals surface area contributed by atoms with Crippen LogP contribution in [-0.2, 0) is 4.79 Å². The Labute approximate surface area is 156 Å². The van der Waals surface area contributed by atoms with Gasteiger partial charge in [0.2, 0.25) is 0 Å². The van der Waals surface area contributed by atoms with E-state index in [2.05, 4.69) is 10.2 Å². The molecule has 0 aliphatic rings. The second-order valence-electron chi connectivity index (χ2n) is 5.85. The van der Waals surface area contributed by atoms with Crippen molar-refractivity contribution in [3.8, 4) is 17.1 Å². The Morgan fingerprint density at radius 2 is 1.72 bits per heavy atom. The summed E-state index contributed by atoms with van der Waals surface area (Å²) in [5, 5.41) is 9.86. The minimum absolute atomic E-state index is 0.104. The second kappa shape index (κ2) is 7.42. The molecule has 1 atom stereocenters. The van der Waals surface area contributed by atoms with Gasteiger partial charge in [0.1, 0.15) is 5.78 Å². The first-order valence-electron chi connectivity index (χ1n) is 7.91. The van der Waals surface area contributed by atoms with Crippen molar-refractivity contribution in [2.24, 2.45) is 0 Å². The van der Waals surface area contributed by atoms with E-state index in [1.165, 1.54) is 17.3 Å². The lowest BCUT2D eigenvalue weighted by Gasteiger charge is -2.12. The van der Waals surface area contributed by atoms with Gasteiger partial charge >= 0.3 is 0 Å². The zero-order valence-electron chi connectivity index (χ0n) is 14.2. The average Bonchev–Trinajstić information content (AvgIpc) is 2.99. The number of hydrogen-bond donors (Lipinski definition) is 0. The molecule has 0 bridgehead atoms. The van der Waals surface area contributed by atoms with Crippen LogP contribution in [0.25, 0.3) is 17.1 Å². The summed E-state index contributed by atoms with van der Waals surface area (Å²) in [5.74, 6) is 0.841. The summed E-state index contributed by atoms with van der Waals surface area (Å²) in [7, 11) is 0. The van der Waals surface area contributed by atoms with Crippen LogP contribution in [0.5, 0.6) is 0 Å². The van der Waals surface area contributed by atoms with Gasteiger partial charge in [-0.2, -0.15) is 0 Å². The molecular weight excluding hydrogens is 354 g/mol. The maximum absolute atomic E-state index is 11.7. The highest BCUT2D eigenvalue weighted by atomic mass is 35.5. The Kier molecular flexibility index (Phi) is 5.25. The van der Waals surface area contributed by atoms with E-state index < -0.39 is 0 Å². The number of carbonyl (C=O) groups excluding carboxylic acids is 1. The van der Waals surface area contributed by atoms with E-state index in [4.69, 9.17) is 11.6 Å². The van der Waals surface area contributed by atoms with Crippen molar-refractivity contribution in [2.75, 3.05) is 0 Å². The molecule has 2 aromatic carbocycles. The first-order chi connectivity index (χ1) is 12.0. The number of rotatable bonds is 5. The molecule has 0 fully saturated rings. The highest BCUT2D eigenvalue weighted by molar-refractivity contribution is 8.00. The molecule has 0 radical (unpaired) electrons. The number of nitrogens with zero attached hydrogens (tertiary/aromatic N) is 3. The van der Waals surface area contributed by atoms with Crippen LogP contribution in [-0.4, -0.2) is 25.8 Å². The zero-order chi connectivity index (χ0) is 18.0. The Balaban J connectivity index is 2.12. The van der Waals surface area contributed by atoms with Gasteiger partial charge in [-0.15, -0.1) is 10.2 Å². The third-order valence-electron chi connectivity index (χ3n) is 3.88. The van der Waals surface area contributed by atoms with Crippen LogP contribution in [0.2, 0.25) is 5.02 Å². The van der Waals surface area contributed by atoms with Crippen LogP contribution in [0, 0.1) is 6.92 Å². The Morgan fingerprint density at radius 1 is 1.08 bits per heavy atom. The van der Waals surface area contributed by atoms with E-state index in [-0.39, 0.29) is 11.0 Å². The fraction of sp³-hybridized carbons (Fsp3) is 0.211. The van der Waals surface area contributed by atoms with Crippen molar-refractivity contribution in [1.82, 2.24) is 14.8 Å². The Hall–Kier alpha value is -2.11. The highest BCUT2D eigenvalue weighted by Crippen LogP contribution is 2.30. The summed E-state index contributed by atoms with van der Waals surface area (Å²) in [5.41, 5.74) is 3.06. The Bertz CT molecular complexity index is 888. The molecule has 1 aromatic heterocycles. The Morgan fingerprint density at radius 3 is 2.32 bits per heavy atom. The van der Waals surface area contributed by atoms with E-state index >= 15 is 0 Å². The summed E-state index contributed by atoms with van der Waals surface area (Å²) in [6, 6.07) is 15.6. The topological polar surface area (TPSA) is 47.8 Å². The predicted octanol–water partition coefficient (Wildman–Crippen LogP) is 4.97. The van der Waals surface area contributed by atoms with E-state index in [0.717, 1.165) is 17.1 Å². The van der Waals surface area contributed by atoms with Crippen molar-refractivity contribution >= 4 is 29.1 Å². The number of aryl methyl sites for hydroxylation is 1. The fourth-order valence-corrected chi connectivity index (χ4v) is 3.29. The molecular formula is C19H18ClN3OS. The first-order valence-corrected chi connectivity index (χ1v) is 9.17. The van der Waals surface area contributed by atoms with Crippen molar-refractivity contribution in [3.05, 3.63) is 59.1 Å². The lowest BCUT2D eigenvalue weighted by Crippen LogP contribution is -2.10. The maximum atomic E-state index is 11.7. The average molecular weight is 372 g/mol. The normalized spacial score (nSPS) is 12.2. The van der Waals surface area contributed by atoms with Crippen LogP contribution in [0.1, 0.15) is 19.4 Å². The number of thioether (sulfide) groups is 1. The molecule has 0 saturated carbocycles. The molecule has 3 aromatic rings. The van der Waals surface area contributed by atoms with Gasteiger partial charge in [0.15, 0.2) is 11.0 Å². The van der Waals surface area contributed by atoms with Crippen molar-refractivity contribution in [1.29, 1.82) is 0 Å². The standard InChI is InChI=1S/C19H18ClN3OS/c1-12-4-6-15(7-5-12)18-21-22-19(25-14(3)13(2)24)23(18)17-10-8-16(20)9-11-17/h4-11,14H,1-3H3. The van der Waals surface area contributed by atoms with Gasteiger partial charge in [-0.1, -0.05) is 53.2 Å². The maximum Gasteiger partial charge on any atom is 0.196 e. The van der Waals surface area contributed by atoms with Crippen LogP contribution in [0.3, 0.4) is 0 Å². The molecule has 0 aliphatic carbocycles. The van der Waals surface area contributed by atoms with E-state index in [1.54, 1.807) is 6.92 Å². The fourth-order valence-electron chi connectivity index (χ4n) is 2.30. The molecule has 0 amide bonds. The SMILES string of the molecule is CC(=O)C(C)Sc1nnc(-c2ccc(C)cc2)n1-c1ccc(Cl)cc1. The first kappa shape index (κ1) is 17.7. The number of halogens is 1. The predicted molar refractivity (Wildman–Crippen MR) is 103 cm³/mol. The minimum Gasteiger partial charge on any atom is -0.299 e. The summed E-state index contributed by atoms with van der Waals surface area (Å²) < 4.78 is 1.96. The third kappa shape index (κ3) is 3.94. The third-order valence-corrected chi connectivity index (χ3v) is 5.30. The molecule has 6 heteroatoms. The van der Waals surface area contributed by atoms with E-state index in [0.29, 0.717) is 10.2 Å². The summed E-state index contributed by atoms with van der Waals surface area (Å²) in [6.07, 6.45) is 0. The number of benzene rings is 2. The van der Waals surface area contributed by atoms with Gasteiger partial charge in [0.25, 0.3) is 0 Å². The molecule has 0 N–H and O–H groups in total. The summed E-state index contributed by atoms with van der Waals surface area (Å²) in [6.45, 7) is 5.50. The van der Waals surface area contributed by atoms with Crippen LogP contribution >= 0.6 is 23.4 Å². The molecule has 0 aliphatic heterocycles. The van der Waals surface area contributed by atoms with Gasteiger partial charge < -0.3 is 0 Å². The minimum atomic E-state index is -0.193. The number of ketones is 1. The highest BCUT2D eigenvalue weighted by Gasteiger charge is 2.20. The summed E-state index contributed by atoms with van der Waals surface area (Å²) >= 11 is 7.43. The van der Waals surface area contributed by atoms with Crippen molar-refractivity contribution < 1.29 is 4.79 Å². The molecule has 0 spiro atoms. The van der Waals surface area contributed by atoms with Gasteiger partial charge in [-0.25, -0.2) is 0 Å². The van der Waals surface area contributed by atoms with Crippen molar-refractivity contribution in [2.45, 2.75) is 31.2 Å². The second-order valence-corrected chi connectivity index (χ2v) is 7.60. The molecule has 25 heavy (non-hydrogen) atoms. The van der Waals surface area contributed by atoms with Crippen LogP contribution < -0.4 is 0 Å². The number of aromatic nitrogens is 3. The van der Waals surface area contributed by atoms with Gasteiger partial charge in [0.05, 0.1) is 5.25 Å². The van der Waals surface area contributed by atoms with Crippen molar-refractivity contribution in [3.63, 3.8) is 0 Å². The number of carbonyl (C=O) groups is 1.